The van der Waals surface area contributed by atoms with Crippen LogP contribution in [-0.4, -0.2) is 49.7 Å². The summed E-state index contributed by atoms with van der Waals surface area (Å²) in [4.78, 5) is 14.3. The molecule has 0 spiro atoms. The minimum absolute atomic E-state index is 0. The van der Waals surface area contributed by atoms with E-state index in [0.29, 0.717) is 24.1 Å². The average molecular weight is 313 g/mol. The lowest BCUT2D eigenvalue weighted by Gasteiger charge is -2.35. The van der Waals surface area contributed by atoms with Gasteiger partial charge in [-0.25, -0.2) is 0 Å². The molecule has 1 atom stereocenters. The Hall–Kier alpha value is -1.46. The molecule has 1 N–H and O–H groups in total. The van der Waals surface area contributed by atoms with E-state index in [0.717, 1.165) is 25.9 Å². The Morgan fingerprint density at radius 2 is 1.90 bits per heavy atom. The first-order chi connectivity index (χ1) is 9.78. The number of benzene rings is 1. The van der Waals surface area contributed by atoms with E-state index < -0.39 is 6.10 Å². The zero-order valence-corrected chi connectivity index (χ0v) is 12.9. The summed E-state index contributed by atoms with van der Waals surface area (Å²) in [6.07, 6.45) is 1.47. The summed E-state index contributed by atoms with van der Waals surface area (Å²) >= 11 is 0. The van der Waals surface area contributed by atoms with Crippen LogP contribution in [0.5, 0.6) is 11.5 Å². The van der Waals surface area contributed by atoms with Gasteiger partial charge in [0.1, 0.15) is 6.61 Å². The van der Waals surface area contributed by atoms with Crippen LogP contribution in [0.1, 0.15) is 12.8 Å². The number of nitrogens with one attached hydrogen (secondary N) is 1. The number of hydrogen-bond donors (Lipinski definition) is 1. The number of amides is 1. The first kappa shape index (κ1) is 15.9. The lowest BCUT2D eigenvalue weighted by atomic mass is 10.0. The molecule has 21 heavy (non-hydrogen) atoms. The molecule has 6 heteroatoms. The van der Waals surface area contributed by atoms with Crippen molar-refractivity contribution in [3.8, 4) is 11.5 Å². The van der Waals surface area contributed by atoms with Crippen LogP contribution in [0.4, 0.5) is 0 Å². The molecule has 2 heterocycles. The number of para-hydroxylation sites is 2. The summed E-state index contributed by atoms with van der Waals surface area (Å²) in [6.45, 7) is 1.86. The van der Waals surface area contributed by atoms with E-state index in [1.165, 1.54) is 0 Å². The van der Waals surface area contributed by atoms with Crippen molar-refractivity contribution in [2.75, 3.05) is 26.7 Å². The molecule has 1 fully saturated rings. The molecule has 2 aliphatic rings. The fourth-order valence-corrected chi connectivity index (χ4v) is 2.73. The number of nitrogens with zero attached hydrogens (tertiary/aromatic N) is 1. The normalized spacial score (nSPS) is 21.6. The highest BCUT2D eigenvalue weighted by Gasteiger charge is 2.32. The predicted octanol–water partition coefficient (Wildman–Crippen LogP) is 1.46. The number of carbonyl (C=O) groups excluding carboxylic acids is 1. The van der Waals surface area contributed by atoms with Gasteiger partial charge in [-0.15, -0.1) is 12.4 Å². The zero-order chi connectivity index (χ0) is 13.9. The summed E-state index contributed by atoms with van der Waals surface area (Å²) < 4.78 is 11.4. The van der Waals surface area contributed by atoms with Gasteiger partial charge in [0.2, 0.25) is 6.10 Å². The van der Waals surface area contributed by atoms with Crippen LogP contribution >= 0.6 is 12.4 Å². The van der Waals surface area contributed by atoms with E-state index in [1.807, 2.05) is 36.2 Å². The first-order valence-corrected chi connectivity index (χ1v) is 7.12. The standard InChI is InChI=1S/C15H20N2O3.ClH/c1-16-11-6-8-17(9-7-11)15(18)14-10-19-12-4-2-3-5-13(12)20-14;/h2-5,11,14,16H,6-10H2,1H3;1H. The molecule has 0 saturated carbocycles. The Balaban J connectivity index is 0.00000161. The van der Waals surface area contributed by atoms with Crippen molar-refractivity contribution in [3.63, 3.8) is 0 Å². The van der Waals surface area contributed by atoms with Crippen LogP contribution in [0, 0.1) is 0 Å². The van der Waals surface area contributed by atoms with Crippen molar-refractivity contribution in [1.82, 2.24) is 10.2 Å². The smallest absolute Gasteiger partial charge is 0.267 e. The molecule has 1 aromatic rings. The van der Waals surface area contributed by atoms with E-state index in [1.54, 1.807) is 0 Å². The van der Waals surface area contributed by atoms with Gasteiger partial charge < -0.3 is 19.7 Å². The minimum Gasteiger partial charge on any atom is -0.485 e. The highest BCUT2D eigenvalue weighted by atomic mass is 35.5. The second-order valence-corrected chi connectivity index (χ2v) is 5.25. The van der Waals surface area contributed by atoms with Gasteiger partial charge in [0.25, 0.3) is 5.91 Å². The summed E-state index contributed by atoms with van der Waals surface area (Å²) in [7, 11) is 1.97. The maximum absolute atomic E-state index is 12.5. The Bertz CT molecular complexity index is 490. The molecule has 1 aromatic carbocycles. The molecular weight excluding hydrogens is 292 g/mol. The summed E-state index contributed by atoms with van der Waals surface area (Å²) in [5.41, 5.74) is 0. The van der Waals surface area contributed by atoms with Crippen molar-refractivity contribution in [2.24, 2.45) is 0 Å². The quantitative estimate of drug-likeness (QED) is 0.898. The second-order valence-electron chi connectivity index (χ2n) is 5.25. The van der Waals surface area contributed by atoms with Crippen LogP contribution in [0.2, 0.25) is 0 Å². The zero-order valence-electron chi connectivity index (χ0n) is 12.1. The highest BCUT2D eigenvalue weighted by molar-refractivity contribution is 5.85. The van der Waals surface area contributed by atoms with Crippen LogP contribution in [-0.2, 0) is 4.79 Å². The van der Waals surface area contributed by atoms with E-state index in [-0.39, 0.29) is 18.3 Å². The molecule has 1 saturated heterocycles. The summed E-state index contributed by atoms with van der Waals surface area (Å²) in [5, 5.41) is 3.26. The average Bonchev–Trinajstić information content (AvgIpc) is 2.54. The Kier molecular flexibility index (Phi) is 5.31. The summed E-state index contributed by atoms with van der Waals surface area (Å²) in [6, 6.07) is 7.99. The lowest BCUT2D eigenvalue weighted by molar-refractivity contribution is -0.142. The van der Waals surface area contributed by atoms with Gasteiger partial charge in [-0.3, -0.25) is 4.79 Å². The third-order valence-electron chi connectivity index (χ3n) is 4.00. The van der Waals surface area contributed by atoms with Gasteiger partial charge in [0.15, 0.2) is 11.5 Å². The van der Waals surface area contributed by atoms with Crippen LogP contribution in [0.3, 0.4) is 0 Å². The molecule has 0 bridgehead atoms. The van der Waals surface area contributed by atoms with E-state index in [2.05, 4.69) is 5.32 Å². The molecule has 1 amide bonds. The molecule has 116 valence electrons. The first-order valence-electron chi connectivity index (χ1n) is 7.12. The van der Waals surface area contributed by atoms with Crippen molar-refractivity contribution in [2.45, 2.75) is 25.0 Å². The lowest BCUT2D eigenvalue weighted by Crippen LogP contribution is -2.51. The van der Waals surface area contributed by atoms with Gasteiger partial charge >= 0.3 is 0 Å². The van der Waals surface area contributed by atoms with Crippen LogP contribution in [0.15, 0.2) is 24.3 Å². The van der Waals surface area contributed by atoms with Gasteiger partial charge in [-0.1, -0.05) is 12.1 Å². The van der Waals surface area contributed by atoms with Crippen molar-refractivity contribution in [1.29, 1.82) is 0 Å². The van der Waals surface area contributed by atoms with Crippen LogP contribution < -0.4 is 14.8 Å². The number of hydrogen-bond acceptors (Lipinski definition) is 4. The summed E-state index contributed by atoms with van der Waals surface area (Å²) in [5.74, 6) is 1.40. The van der Waals surface area contributed by atoms with E-state index >= 15 is 0 Å². The third kappa shape index (κ3) is 3.41. The molecule has 0 aliphatic carbocycles. The molecule has 3 rings (SSSR count). The number of halogens is 1. The van der Waals surface area contributed by atoms with Crippen molar-refractivity contribution >= 4 is 18.3 Å². The maximum atomic E-state index is 12.5. The fourth-order valence-electron chi connectivity index (χ4n) is 2.73. The van der Waals surface area contributed by atoms with E-state index in [4.69, 9.17) is 9.47 Å². The maximum Gasteiger partial charge on any atom is 0.267 e. The molecule has 1 unspecified atom stereocenters. The highest BCUT2D eigenvalue weighted by Crippen LogP contribution is 2.31. The Morgan fingerprint density at radius 1 is 1.24 bits per heavy atom. The number of carbonyl (C=O) groups is 1. The van der Waals surface area contributed by atoms with Gasteiger partial charge in [0, 0.05) is 19.1 Å². The molecule has 0 aromatic heterocycles. The van der Waals surface area contributed by atoms with Gasteiger partial charge in [0.05, 0.1) is 0 Å². The number of piperidine rings is 1. The SMILES string of the molecule is CNC1CCN(C(=O)C2COc3ccccc3O2)CC1.Cl. The Labute approximate surface area is 131 Å². The third-order valence-corrected chi connectivity index (χ3v) is 4.00. The molecule has 2 aliphatic heterocycles. The molecule has 5 nitrogen and oxygen atoms in total. The van der Waals surface area contributed by atoms with E-state index in [9.17, 15) is 4.79 Å². The minimum atomic E-state index is -0.518. The second kappa shape index (κ2) is 7.00. The fraction of sp³-hybridized carbons (Fsp3) is 0.533. The number of ether oxygens (including phenoxy) is 2. The van der Waals surface area contributed by atoms with Gasteiger partial charge in [-0.05, 0) is 32.0 Å². The number of fused-ring (bicyclic) bond motifs is 1. The predicted molar refractivity (Wildman–Crippen MR) is 82.3 cm³/mol. The Morgan fingerprint density at radius 3 is 2.57 bits per heavy atom. The van der Waals surface area contributed by atoms with Gasteiger partial charge in [-0.2, -0.15) is 0 Å². The molecule has 0 radical (unpaired) electrons. The molecular formula is C15H21ClN2O3. The monoisotopic (exact) mass is 312 g/mol. The number of rotatable bonds is 2. The van der Waals surface area contributed by atoms with Crippen molar-refractivity contribution < 1.29 is 14.3 Å². The largest absolute Gasteiger partial charge is 0.485 e. The number of likely N-dealkylation sites (tertiary alicyclic amines) is 1. The topological polar surface area (TPSA) is 50.8 Å². The van der Waals surface area contributed by atoms with Crippen LogP contribution in [0.25, 0.3) is 0 Å². The van der Waals surface area contributed by atoms with Crippen molar-refractivity contribution in [3.05, 3.63) is 24.3 Å².